The predicted molar refractivity (Wildman–Crippen MR) is 63.7 cm³/mol. The number of unbranched alkanes of at least 4 members (excludes halogenated alkanes) is 1. The monoisotopic (exact) mass is 235 g/mol. The summed E-state index contributed by atoms with van der Waals surface area (Å²) in [6.07, 6.45) is 4.34. The first-order valence-electron chi connectivity index (χ1n) is 5.55. The van der Waals surface area contributed by atoms with Crippen molar-refractivity contribution >= 4 is 8.80 Å². The zero-order valence-corrected chi connectivity index (χ0v) is 11.4. The van der Waals surface area contributed by atoms with E-state index in [1.807, 2.05) is 0 Å². The first kappa shape index (κ1) is 15.1. The Morgan fingerprint density at radius 2 is 1.60 bits per heavy atom. The lowest BCUT2D eigenvalue weighted by atomic mass is 10.1. The molecule has 0 aliphatic carbocycles. The van der Waals surface area contributed by atoms with Gasteiger partial charge in [-0.1, -0.05) is 19.8 Å². The van der Waals surface area contributed by atoms with Gasteiger partial charge in [0.05, 0.1) is 0 Å². The van der Waals surface area contributed by atoms with Crippen LogP contribution >= 0.6 is 0 Å². The molecule has 0 saturated heterocycles. The smallest absolute Gasteiger partial charge is 0.377 e. The zero-order chi connectivity index (χ0) is 11.7. The number of hydrogen-bond acceptors (Lipinski definition) is 4. The first-order valence-corrected chi connectivity index (χ1v) is 7.48. The largest absolute Gasteiger partial charge is 0.500 e. The van der Waals surface area contributed by atoms with Gasteiger partial charge in [0.1, 0.15) is 0 Å². The van der Waals surface area contributed by atoms with Crippen LogP contribution in [0.3, 0.4) is 0 Å². The highest BCUT2D eigenvalue weighted by molar-refractivity contribution is 6.60. The molecule has 0 bridgehead atoms. The third-order valence-electron chi connectivity index (χ3n) is 2.68. The summed E-state index contributed by atoms with van der Waals surface area (Å²) in [5.74, 6) is 0. The fourth-order valence-electron chi connectivity index (χ4n) is 1.53. The van der Waals surface area contributed by atoms with E-state index in [1.54, 1.807) is 21.3 Å². The van der Waals surface area contributed by atoms with Gasteiger partial charge in [0.15, 0.2) is 0 Å². The minimum Gasteiger partial charge on any atom is -0.377 e. The Bertz CT molecular complexity index is 145. The molecule has 0 aromatic heterocycles. The van der Waals surface area contributed by atoms with Crippen LogP contribution in [-0.2, 0) is 13.3 Å². The average Bonchev–Trinajstić information content (AvgIpc) is 2.29. The molecule has 15 heavy (non-hydrogen) atoms. The first-order chi connectivity index (χ1) is 7.14. The van der Waals surface area contributed by atoms with E-state index in [0.717, 1.165) is 18.9 Å². The molecule has 0 fully saturated rings. The third kappa shape index (κ3) is 5.63. The van der Waals surface area contributed by atoms with Crippen LogP contribution in [0.2, 0.25) is 6.04 Å². The molecule has 92 valence electrons. The van der Waals surface area contributed by atoms with E-state index >= 15 is 0 Å². The van der Waals surface area contributed by atoms with Crippen LogP contribution in [-0.4, -0.2) is 36.2 Å². The normalized spacial score (nSPS) is 14.2. The Morgan fingerprint density at radius 3 is 2.00 bits per heavy atom. The summed E-state index contributed by atoms with van der Waals surface area (Å²) in [7, 11) is 2.51. The summed E-state index contributed by atoms with van der Waals surface area (Å²) in [5, 5.41) is 0. The molecule has 2 N–H and O–H groups in total. The van der Waals surface area contributed by atoms with E-state index in [-0.39, 0.29) is 6.04 Å². The van der Waals surface area contributed by atoms with Crippen molar-refractivity contribution < 1.29 is 13.3 Å². The molecule has 4 nitrogen and oxygen atoms in total. The molecule has 0 aliphatic heterocycles. The van der Waals surface area contributed by atoms with Crippen molar-refractivity contribution in [2.75, 3.05) is 21.3 Å². The molecule has 0 amide bonds. The van der Waals surface area contributed by atoms with Gasteiger partial charge in [0.25, 0.3) is 0 Å². The molecule has 1 unspecified atom stereocenters. The maximum atomic E-state index is 5.99. The topological polar surface area (TPSA) is 53.7 Å². The van der Waals surface area contributed by atoms with E-state index < -0.39 is 8.80 Å². The van der Waals surface area contributed by atoms with Gasteiger partial charge in [-0.05, 0) is 12.8 Å². The van der Waals surface area contributed by atoms with Gasteiger partial charge in [-0.25, -0.2) is 0 Å². The highest BCUT2D eigenvalue weighted by Gasteiger charge is 2.37. The fraction of sp³-hybridized carbons (Fsp3) is 1.00. The van der Waals surface area contributed by atoms with Crippen molar-refractivity contribution in [3.8, 4) is 0 Å². The van der Waals surface area contributed by atoms with E-state index in [0.29, 0.717) is 0 Å². The van der Waals surface area contributed by atoms with E-state index in [2.05, 4.69) is 6.92 Å². The number of nitrogens with two attached hydrogens (primary N) is 1. The van der Waals surface area contributed by atoms with Gasteiger partial charge in [0.2, 0.25) is 0 Å². The molecule has 0 radical (unpaired) electrons. The van der Waals surface area contributed by atoms with Crippen LogP contribution in [0, 0.1) is 0 Å². The zero-order valence-electron chi connectivity index (χ0n) is 10.4. The SMILES string of the molecule is CCCCC(N)CC[Si](OC)(OC)OC. The van der Waals surface area contributed by atoms with Gasteiger partial charge in [-0.3, -0.25) is 0 Å². The lowest BCUT2D eigenvalue weighted by Crippen LogP contribution is -2.43. The minimum absolute atomic E-state index is 0.234. The van der Waals surface area contributed by atoms with Crippen LogP contribution in [0.5, 0.6) is 0 Å². The van der Waals surface area contributed by atoms with Crippen molar-refractivity contribution in [1.29, 1.82) is 0 Å². The number of hydrogen-bond donors (Lipinski definition) is 1. The van der Waals surface area contributed by atoms with Crippen molar-refractivity contribution in [1.82, 2.24) is 0 Å². The second-order valence-corrected chi connectivity index (χ2v) is 6.83. The molecule has 0 rings (SSSR count). The molecule has 0 heterocycles. The summed E-state index contributed by atoms with van der Waals surface area (Å²) in [5.41, 5.74) is 5.99. The quantitative estimate of drug-likeness (QED) is 0.619. The maximum absolute atomic E-state index is 5.99. The van der Waals surface area contributed by atoms with Crippen LogP contribution in [0.1, 0.15) is 32.6 Å². The van der Waals surface area contributed by atoms with Crippen LogP contribution in [0.25, 0.3) is 0 Å². The molecule has 0 spiro atoms. The highest BCUT2D eigenvalue weighted by atomic mass is 28.4. The summed E-state index contributed by atoms with van der Waals surface area (Å²) >= 11 is 0. The Morgan fingerprint density at radius 1 is 1.07 bits per heavy atom. The van der Waals surface area contributed by atoms with Gasteiger partial charge >= 0.3 is 8.80 Å². The third-order valence-corrected chi connectivity index (χ3v) is 5.45. The molecular formula is C10H25NO3Si. The molecule has 5 heteroatoms. The molecule has 0 aromatic carbocycles. The molecule has 0 saturated carbocycles. The second-order valence-electron chi connectivity index (χ2n) is 3.74. The fourth-order valence-corrected chi connectivity index (χ4v) is 3.37. The minimum atomic E-state index is -2.40. The Hall–Kier alpha value is 0.0569. The lowest BCUT2D eigenvalue weighted by molar-refractivity contribution is 0.122. The number of rotatable bonds is 9. The van der Waals surface area contributed by atoms with Crippen LogP contribution < -0.4 is 5.73 Å². The average molecular weight is 235 g/mol. The van der Waals surface area contributed by atoms with Gasteiger partial charge in [-0.15, -0.1) is 0 Å². The molecule has 0 aliphatic rings. The summed E-state index contributed by atoms with van der Waals surface area (Å²) in [6, 6.07) is 1.03. The Kier molecular flexibility index (Phi) is 8.27. The molecule has 1 atom stereocenters. The molecule has 0 aromatic rings. The summed E-state index contributed by atoms with van der Waals surface area (Å²) in [4.78, 5) is 0. The second kappa shape index (κ2) is 8.24. The highest BCUT2D eigenvalue weighted by Crippen LogP contribution is 2.17. The lowest BCUT2D eigenvalue weighted by Gasteiger charge is -2.25. The van der Waals surface area contributed by atoms with Gasteiger partial charge in [0, 0.05) is 33.4 Å². The Balaban J connectivity index is 3.88. The van der Waals surface area contributed by atoms with E-state index in [9.17, 15) is 0 Å². The van der Waals surface area contributed by atoms with Crippen molar-refractivity contribution in [2.45, 2.75) is 44.7 Å². The summed E-state index contributed by atoms with van der Waals surface area (Å²) < 4.78 is 16.0. The van der Waals surface area contributed by atoms with Crippen molar-refractivity contribution in [2.24, 2.45) is 5.73 Å². The van der Waals surface area contributed by atoms with Gasteiger partial charge in [-0.2, -0.15) is 0 Å². The Labute approximate surface area is 94.5 Å². The van der Waals surface area contributed by atoms with Gasteiger partial charge < -0.3 is 19.0 Å². The van der Waals surface area contributed by atoms with Crippen LogP contribution in [0.15, 0.2) is 0 Å². The van der Waals surface area contributed by atoms with E-state index in [4.69, 9.17) is 19.0 Å². The summed E-state index contributed by atoms with van der Waals surface area (Å²) in [6.45, 7) is 2.17. The standard InChI is InChI=1S/C10H25NO3Si/c1-5-6-7-10(11)8-9-15(12-2,13-3)14-4/h10H,5-9,11H2,1-4H3. The van der Waals surface area contributed by atoms with E-state index in [1.165, 1.54) is 12.8 Å². The molecular weight excluding hydrogens is 210 g/mol. The maximum Gasteiger partial charge on any atom is 0.500 e. The predicted octanol–water partition coefficient (Wildman–Crippen LogP) is 1.77. The van der Waals surface area contributed by atoms with Crippen molar-refractivity contribution in [3.05, 3.63) is 0 Å². The van der Waals surface area contributed by atoms with Crippen molar-refractivity contribution in [3.63, 3.8) is 0 Å². The van der Waals surface area contributed by atoms with Crippen LogP contribution in [0.4, 0.5) is 0 Å².